The topological polar surface area (TPSA) is 113 Å². The number of nitrogens with two attached hydrogens (primary N) is 1. The number of aliphatic hydroxyl groups is 1. The number of benzene rings is 1. The Bertz CT molecular complexity index is 598. The van der Waals surface area contributed by atoms with Crippen molar-refractivity contribution in [1.29, 1.82) is 0 Å². The third-order valence-corrected chi connectivity index (χ3v) is 3.51. The Balaban J connectivity index is 1.98. The van der Waals surface area contributed by atoms with E-state index in [2.05, 4.69) is 5.32 Å². The minimum absolute atomic E-state index is 0.0959. The van der Waals surface area contributed by atoms with Crippen molar-refractivity contribution in [3.63, 3.8) is 0 Å². The second-order valence-electron chi connectivity index (χ2n) is 5.51. The summed E-state index contributed by atoms with van der Waals surface area (Å²) in [7, 11) is 0. The quantitative estimate of drug-likeness (QED) is 0.627. The first-order valence-electron chi connectivity index (χ1n) is 7.20. The minimum Gasteiger partial charge on any atom is -0.481 e. The van der Waals surface area contributed by atoms with E-state index < -0.39 is 18.1 Å². The summed E-state index contributed by atoms with van der Waals surface area (Å²) < 4.78 is 0. The molecule has 0 spiro atoms. The normalized spacial score (nSPS) is 18.6. The van der Waals surface area contributed by atoms with Gasteiger partial charge in [-0.05, 0) is 43.0 Å². The highest BCUT2D eigenvalue weighted by Gasteiger charge is 2.19. The first-order chi connectivity index (χ1) is 10.4. The van der Waals surface area contributed by atoms with Gasteiger partial charge in [0.25, 0.3) is 5.91 Å². The lowest BCUT2D eigenvalue weighted by Crippen LogP contribution is -2.26. The molecule has 0 aromatic heterocycles. The predicted octanol–water partition coefficient (Wildman–Crippen LogP) is 1.05. The lowest BCUT2D eigenvalue weighted by molar-refractivity contribution is -0.137. The molecule has 0 radical (unpaired) electrons. The Labute approximate surface area is 128 Å². The van der Waals surface area contributed by atoms with Crippen molar-refractivity contribution >= 4 is 17.6 Å². The number of carbonyl (C=O) groups is 2. The van der Waals surface area contributed by atoms with Gasteiger partial charge in [0.1, 0.15) is 0 Å². The molecule has 6 nitrogen and oxygen atoms in total. The predicted molar refractivity (Wildman–Crippen MR) is 82.3 cm³/mol. The van der Waals surface area contributed by atoms with Crippen LogP contribution in [0.3, 0.4) is 0 Å². The second kappa shape index (κ2) is 7.20. The number of carbonyl (C=O) groups excluding carboxylic acids is 1. The smallest absolute Gasteiger partial charge is 0.304 e. The molecule has 1 aliphatic carbocycles. The van der Waals surface area contributed by atoms with Crippen LogP contribution >= 0.6 is 0 Å². The van der Waals surface area contributed by atoms with E-state index in [1.165, 1.54) is 0 Å². The average molecular weight is 304 g/mol. The zero-order valence-electron chi connectivity index (χ0n) is 12.2. The number of rotatable bonds is 6. The van der Waals surface area contributed by atoms with Gasteiger partial charge >= 0.3 is 5.97 Å². The maximum Gasteiger partial charge on any atom is 0.304 e. The van der Waals surface area contributed by atoms with E-state index in [0.717, 1.165) is 5.56 Å². The fourth-order valence-electron chi connectivity index (χ4n) is 2.48. The summed E-state index contributed by atoms with van der Waals surface area (Å²) >= 11 is 0. The Morgan fingerprint density at radius 1 is 1.41 bits per heavy atom. The monoisotopic (exact) mass is 304 g/mol. The van der Waals surface area contributed by atoms with Crippen molar-refractivity contribution in [1.82, 2.24) is 0 Å². The number of nitrogens with one attached hydrogen (secondary N) is 1. The van der Waals surface area contributed by atoms with Gasteiger partial charge in [0.05, 0.1) is 12.5 Å². The molecule has 0 heterocycles. The molecule has 2 rings (SSSR count). The van der Waals surface area contributed by atoms with Crippen LogP contribution in [0.4, 0.5) is 5.69 Å². The highest BCUT2D eigenvalue weighted by Crippen LogP contribution is 2.20. The van der Waals surface area contributed by atoms with Crippen LogP contribution < -0.4 is 11.1 Å². The van der Waals surface area contributed by atoms with E-state index in [9.17, 15) is 14.7 Å². The lowest BCUT2D eigenvalue weighted by Gasteiger charge is -2.11. The van der Waals surface area contributed by atoms with Crippen molar-refractivity contribution < 1.29 is 19.8 Å². The molecular formula is C16H20N2O4. The summed E-state index contributed by atoms with van der Waals surface area (Å²) in [6, 6.07) is 6.71. The molecule has 1 aromatic carbocycles. The van der Waals surface area contributed by atoms with Crippen molar-refractivity contribution in [2.24, 2.45) is 5.73 Å². The van der Waals surface area contributed by atoms with E-state index in [-0.39, 0.29) is 12.3 Å². The van der Waals surface area contributed by atoms with Gasteiger partial charge in [0, 0.05) is 17.3 Å². The van der Waals surface area contributed by atoms with Gasteiger partial charge in [-0.25, -0.2) is 0 Å². The maximum absolute atomic E-state index is 12.0. The molecule has 2 atom stereocenters. The molecule has 1 unspecified atom stereocenters. The first-order valence-corrected chi connectivity index (χ1v) is 7.20. The molecular weight excluding hydrogens is 284 g/mol. The van der Waals surface area contributed by atoms with Gasteiger partial charge in [-0.15, -0.1) is 0 Å². The number of carboxylic acids is 1. The van der Waals surface area contributed by atoms with E-state index >= 15 is 0 Å². The van der Waals surface area contributed by atoms with Crippen LogP contribution in [0.15, 0.2) is 35.9 Å². The van der Waals surface area contributed by atoms with Gasteiger partial charge in [0.15, 0.2) is 0 Å². The van der Waals surface area contributed by atoms with Crippen LogP contribution in [0, 0.1) is 0 Å². The molecule has 22 heavy (non-hydrogen) atoms. The number of carboxylic acid groups (broad SMARTS) is 1. The van der Waals surface area contributed by atoms with Gasteiger partial charge < -0.3 is 21.3 Å². The van der Waals surface area contributed by atoms with Crippen LogP contribution in [-0.2, 0) is 16.0 Å². The molecule has 5 N–H and O–H groups in total. The van der Waals surface area contributed by atoms with Crippen molar-refractivity contribution in [2.45, 2.75) is 37.8 Å². The summed E-state index contributed by atoms with van der Waals surface area (Å²) in [6.45, 7) is 0. The van der Waals surface area contributed by atoms with Gasteiger partial charge in [0.2, 0.25) is 0 Å². The molecule has 0 aliphatic heterocycles. The number of aliphatic carboxylic acids is 1. The van der Waals surface area contributed by atoms with Gasteiger partial charge in [-0.2, -0.15) is 0 Å². The van der Waals surface area contributed by atoms with Crippen LogP contribution in [0.25, 0.3) is 0 Å². The standard InChI is InChI=1S/C16H20N2O4/c17-12(9-15(20)21)6-10-2-1-3-13(7-10)18-16(22)11-4-5-14(19)8-11/h1-3,7-8,12,14,19H,4-6,9,17H2,(H,18,22)(H,20,21)/t12-,14?/m0/s1. The Morgan fingerprint density at radius 3 is 2.82 bits per heavy atom. The Morgan fingerprint density at radius 2 is 2.18 bits per heavy atom. The van der Waals surface area contributed by atoms with Crippen LogP contribution in [-0.4, -0.2) is 34.2 Å². The van der Waals surface area contributed by atoms with E-state index in [1.807, 2.05) is 6.07 Å². The summed E-state index contributed by atoms with van der Waals surface area (Å²) in [5.41, 5.74) is 7.85. The third kappa shape index (κ3) is 4.68. The Hall–Kier alpha value is -2.18. The summed E-state index contributed by atoms with van der Waals surface area (Å²) in [6.07, 6.45) is 2.50. The van der Waals surface area contributed by atoms with Crippen LogP contribution in [0.2, 0.25) is 0 Å². The molecule has 1 aromatic rings. The molecule has 0 bridgehead atoms. The minimum atomic E-state index is -0.927. The first kappa shape index (κ1) is 16.2. The number of hydrogen-bond acceptors (Lipinski definition) is 4. The SMILES string of the molecule is N[C@H](CC(=O)O)Cc1cccc(NC(=O)C2=CC(O)CC2)c1. The zero-order valence-corrected chi connectivity index (χ0v) is 12.2. The third-order valence-electron chi connectivity index (χ3n) is 3.51. The Kier molecular flexibility index (Phi) is 5.30. The highest BCUT2D eigenvalue weighted by atomic mass is 16.4. The molecule has 1 amide bonds. The number of hydrogen-bond donors (Lipinski definition) is 4. The average Bonchev–Trinajstić information content (AvgIpc) is 2.85. The molecule has 118 valence electrons. The van der Waals surface area contributed by atoms with Crippen LogP contribution in [0.5, 0.6) is 0 Å². The van der Waals surface area contributed by atoms with Gasteiger partial charge in [-0.3, -0.25) is 9.59 Å². The fourth-order valence-corrected chi connectivity index (χ4v) is 2.48. The van der Waals surface area contributed by atoms with Crippen LogP contribution in [0.1, 0.15) is 24.8 Å². The van der Waals surface area contributed by atoms with Gasteiger partial charge in [-0.1, -0.05) is 12.1 Å². The largest absolute Gasteiger partial charge is 0.481 e. The number of amides is 1. The molecule has 0 saturated carbocycles. The lowest BCUT2D eigenvalue weighted by atomic mass is 10.0. The van der Waals surface area contributed by atoms with Crippen molar-refractivity contribution in [3.05, 3.63) is 41.5 Å². The fraction of sp³-hybridized carbons (Fsp3) is 0.375. The summed E-state index contributed by atoms with van der Waals surface area (Å²) in [5.74, 6) is -1.15. The molecule has 0 fully saturated rings. The highest BCUT2D eigenvalue weighted by molar-refractivity contribution is 6.04. The number of anilines is 1. The van der Waals surface area contributed by atoms with E-state index in [1.54, 1.807) is 24.3 Å². The molecule has 6 heteroatoms. The van der Waals surface area contributed by atoms with Crippen molar-refractivity contribution in [3.8, 4) is 0 Å². The number of aliphatic hydroxyl groups excluding tert-OH is 1. The molecule has 0 saturated heterocycles. The summed E-state index contributed by atoms with van der Waals surface area (Å²) in [5, 5.41) is 20.9. The molecule has 1 aliphatic rings. The second-order valence-corrected chi connectivity index (χ2v) is 5.51. The van der Waals surface area contributed by atoms with E-state index in [4.69, 9.17) is 10.8 Å². The maximum atomic E-state index is 12.0. The van der Waals surface area contributed by atoms with E-state index in [0.29, 0.717) is 30.5 Å². The van der Waals surface area contributed by atoms with Crippen molar-refractivity contribution in [2.75, 3.05) is 5.32 Å². The zero-order chi connectivity index (χ0) is 16.1. The summed E-state index contributed by atoms with van der Waals surface area (Å²) in [4.78, 5) is 22.7.